The summed E-state index contributed by atoms with van der Waals surface area (Å²) in [6.07, 6.45) is 5.04. The molecule has 2 amide bonds. The highest BCUT2D eigenvalue weighted by Gasteiger charge is 2.20. The highest BCUT2D eigenvalue weighted by molar-refractivity contribution is 9.10. The number of nitrogens with zero attached hydrogens (tertiary/aromatic N) is 7. The standard InChI is InChI=1S/C18H18BrN9O2/c1-3-26-8-10(19)15(24-26)13-5-6-21-14-7-11(23-28(13)14)18(30)22-12-9-27(4-2)25-16(12)17(20)29/h5-9H,3-4H2,1-2H3,(H2,20,29)(H,22,30). The first kappa shape index (κ1) is 19.8. The lowest BCUT2D eigenvalue weighted by Crippen LogP contribution is -2.18. The van der Waals surface area contributed by atoms with Gasteiger partial charge in [-0.2, -0.15) is 15.3 Å². The molecule has 4 heterocycles. The van der Waals surface area contributed by atoms with Gasteiger partial charge in [-0.25, -0.2) is 9.50 Å². The van der Waals surface area contributed by atoms with Crippen LogP contribution in [0.2, 0.25) is 0 Å². The number of aryl methyl sites for hydroxylation is 2. The molecule has 11 nitrogen and oxygen atoms in total. The fourth-order valence-electron chi connectivity index (χ4n) is 2.96. The van der Waals surface area contributed by atoms with Crippen molar-refractivity contribution in [3.8, 4) is 11.4 Å². The lowest BCUT2D eigenvalue weighted by Gasteiger charge is -2.02. The lowest BCUT2D eigenvalue weighted by atomic mass is 10.3. The van der Waals surface area contributed by atoms with Gasteiger partial charge in [0.25, 0.3) is 11.8 Å². The number of nitrogens with two attached hydrogens (primary N) is 1. The molecule has 3 N–H and O–H groups in total. The third-order valence-electron chi connectivity index (χ3n) is 4.44. The molecule has 4 rings (SSSR count). The van der Waals surface area contributed by atoms with E-state index in [1.165, 1.54) is 4.68 Å². The molecule has 12 heteroatoms. The van der Waals surface area contributed by atoms with Crippen molar-refractivity contribution in [2.24, 2.45) is 5.73 Å². The summed E-state index contributed by atoms with van der Waals surface area (Å²) < 4.78 is 5.66. The van der Waals surface area contributed by atoms with Gasteiger partial charge >= 0.3 is 0 Å². The number of primary amides is 1. The molecule has 0 aromatic carbocycles. The first-order chi connectivity index (χ1) is 14.4. The number of carbonyl (C=O) groups excluding carboxylic acids is 2. The van der Waals surface area contributed by atoms with Gasteiger partial charge in [0, 0.05) is 37.7 Å². The summed E-state index contributed by atoms with van der Waals surface area (Å²) in [5, 5.41) is 15.6. The fraction of sp³-hybridized carbons (Fsp3) is 0.222. The zero-order valence-corrected chi connectivity index (χ0v) is 17.8. The quantitative estimate of drug-likeness (QED) is 0.440. The molecule has 0 aliphatic heterocycles. The average molecular weight is 472 g/mol. The first-order valence-electron chi connectivity index (χ1n) is 9.18. The molecule has 0 atom stereocenters. The minimum Gasteiger partial charge on any atom is -0.364 e. The maximum atomic E-state index is 12.8. The second-order valence-electron chi connectivity index (χ2n) is 6.38. The molecule has 30 heavy (non-hydrogen) atoms. The van der Waals surface area contributed by atoms with Gasteiger partial charge in [-0.1, -0.05) is 0 Å². The van der Waals surface area contributed by atoms with E-state index in [0.717, 1.165) is 4.47 Å². The monoisotopic (exact) mass is 471 g/mol. The minimum absolute atomic E-state index is 0.0122. The summed E-state index contributed by atoms with van der Waals surface area (Å²) >= 11 is 3.51. The molecule has 0 aliphatic carbocycles. The second kappa shape index (κ2) is 7.71. The van der Waals surface area contributed by atoms with Crippen molar-refractivity contribution in [2.75, 3.05) is 5.32 Å². The third-order valence-corrected chi connectivity index (χ3v) is 5.02. The Morgan fingerprint density at radius 3 is 2.53 bits per heavy atom. The predicted molar refractivity (Wildman–Crippen MR) is 112 cm³/mol. The number of hydrogen-bond acceptors (Lipinski definition) is 6. The van der Waals surface area contributed by atoms with E-state index in [-0.39, 0.29) is 17.1 Å². The molecule has 0 radical (unpaired) electrons. The smallest absolute Gasteiger partial charge is 0.276 e. The second-order valence-corrected chi connectivity index (χ2v) is 7.23. The van der Waals surface area contributed by atoms with Gasteiger partial charge in [0.05, 0.1) is 15.9 Å². The normalized spacial score (nSPS) is 11.2. The maximum absolute atomic E-state index is 12.8. The molecule has 4 aromatic rings. The molecule has 0 saturated heterocycles. The van der Waals surface area contributed by atoms with Crippen molar-refractivity contribution in [1.82, 2.24) is 34.2 Å². The fourth-order valence-corrected chi connectivity index (χ4v) is 3.48. The number of halogens is 1. The van der Waals surface area contributed by atoms with Gasteiger partial charge in [-0.3, -0.25) is 19.0 Å². The van der Waals surface area contributed by atoms with Crippen LogP contribution in [0, 0.1) is 0 Å². The Morgan fingerprint density at radius 1 is 1.13 bits per heavy atom. The first-order valence-corrected chi connectivity index (χ1v) is 9.97. The minimum atomic E-state index is -0.729. The Balaban J connectivity index is 1.71. The van der Waals surface area contributed by atoms with Crippen LogP contribution in [-0.2, 0) is 13.1 Å². The number of hydrogen-bond donors (Lipinski definition) is 2. The van der Waals surface area contributed by atoms with Gasteiger partial charge in [0.15, 0.2) is 17.0 Å². The van der Waals surface area contributed by atoms with Crippen LogP contribution >= 0.6 is 15.9 Å². The highest BCUT2D eigenvalue weighted by Crippen LogP contribution is 2.27. The summed E-state index contributed by atoms with van der Waals surface area (Å²) in [4.78, 5) is 28.7. The number of fused-ring (bicyclic) bond motifs is 1. The van der Waals surface area contributed by atoms with Crippen LogP contribution in [0.4, 0.5) is 5.69 Å². The van der Waals surface area contributed by atoms with Crippen LogP contribution in [0.25, 0.3) is 17.0 Å². The number of carbonyl (C=O) groups is 2. The van der Waals surface area contributed by atoms with Crippen molar-refractivity contribution >= 4 is 39.1 Å². The van der Waals surface area contributed by atoms with Gasteiger partial charge in [-0.15, -0.1) is 0 Å². The van der Waals surface area contributed by atoms with Crippen molar-refractivity contribution in [3.63, 3.8) is 0 Å². The molecule has 0 saturated carbocycles. The summed E-state index contributed by atoms with van der Waals surface area (Å²) in [6.45, 7) is 5.09. The topological polar surface area (TPSA) is 138 Å². The van der Waals surface area contributed by atoms with E-state index in [0.29, 0.717) is 30.1 Å². The molecule has 0 unspecified atom stereocenters. The molecular formula is C18H18BrN9O2. The summed E-state index contributed by atoms with van der Waals surface area (Å²) in [6, 6.07) is 3.32. The molecular weight excluding hydrogens is 454 g/mol. The average Bonchev–Trinajstić information content (AvgIpc) is 3.43. The SMILES string of the molecule is CCn1cc(NC(=O)c2cc3nccc(-c4nn(CC)cc4Br)n3n2)c(C(N)=O)n1. The predicted octanol–water partition coefficient (Wildman–Crippen LogP) is 1.94. The maximum Gasteiger partial charge on any atom is 0.276 e. The summed E-state index contributed by atoms with van der Waals surface area (Å²) in [5.41, 5.74) is 7.54. The Kier molecular flexibility index (Phi) is 5.08. The number of aromatic nitrogens is 7. The number of rotatable bonds is 6. The molecule has 0 fully saturated rings. The Labute approximate surface area is 179 Å². The number of amides is 2. The third kappa shape index (κ3) is 3.45. The molecule has 0 bridgehead atoms. The zero-order chi connectivity index (χ0) is 21.4. The Hall–Kier alpha value is -3.54. The van der Waals surface area contributed by atoms with E-state index in [1.807, 2.05) is 20.0 Å². The molecule has 154 valence electrons. The van der Waals surface area contributed by atoms with E-state index in [1.54, 1.807) is 33.7 Å². The summed E-state index contributed by atoms with van der Waals surface area (Å²) in [5.74, 6) is -1.24. The Bertz CT molecular complexity index is 1270. The number of nitrogens with one attached hydrogen (secondary N) is 1. The number of anilines is 1. The Morgan fingerprint density at radius 2 is 1.87 bits per heavy atom. The highest BCUT2D eigenvalue weighted by atomic mass is 79.9. The van der Waals surface area contributed by atoms with Crippen molar-refractivity contribution in [1.29, 1.82) is 0 Å². The van der Waals surface area contributed by atoms with E-state index in [2.05, 4.69) is 41.5 Å². The molecule has 0 aliphatic rings. The lowest BCUT2D eigenvalue weighted by molar-refractivity contribution is 0.0995. The van der Waals surface area contributed by atoms with Crippen LogP contribution in [0.3, 0.4) is 0 Å². The van der Waals surface area contributed by atoms with Gasteiger partial charge in [-0.05, 0) is 35.8 Å². The van der Waals surface area contributed by atoms with Gasteiger partial charge < -0.3 is 11.1 Å². The van der Waals surface area contributed by atoms with Gasteiger partial charge in [0.2, 0.25) is 0 Å². The summed E-state index contributed by atoms with van der Waals surface area (Å²) in [7, 11) is 0. The van der Waals surface area contributed by atoms with Crippen LogP contribution in [0.15, 0.2) is 35.2 Å². The van der Waals surface area contributed by atoms with Crippen molar-refractivity contribution in [2.45, 2.75) is 26.9 Å². The van der Waals surface area contributed by atoms with Crippen LogP contribution in [0.5, 0.6) is 0 Å². The molecule has 4 aromatic heterocycles. The van der Waals surface area contributed by atoms with E-state index >= 15 is 0 Å². The van der Waals surface area contributed by atoms with Crippen LogP contribution in [0.1, 0.15) is 34.8 Å². The largest absolute Gasteiger partial charge is 0.364 e. The van der Waals surface area contributed by atoms with E-state index < -0.39 is 11.8 Å². The zero-order valence-electron chi connectivity index (χ0n) is 16.2. The van der Waals surface area contributed by atoms with Crippen molar-refractivity contribution < 1.29 is 9.59 Å². The van der Waals surface area contributed by atoms with E-state index in [4.69, 9.17) is 5.73 Å². The van der Waals surface area contributed by atoms with Crippen LogP contribution < -0.4 is 11.1 Å². The van der Waals surface area contributed by atoms with Gasteiger partial charge in [0.1, 0.15) is 5.69 Å². The van der Waals surface area contributed by atoms with Crippen LogP contribution in [-0.4, -0.2) is 46.0 Å². The molecule has 0 spiro atoms. The van der Waals surface area contributed by atoms with Crippen molar-refractivity contribution in [3.05, 3.63) is 46.6 Å². The van der Waals surface area contributed by atoms with E-state index in [9.17, 15) is 9.59 Å².